The number of hydrogen-bond donors (Lipinski definition) is 2. The summed E-state index contributed by atoms with van der Waals surface area (Å²) >= 11 is 0. The Morgan fingerprint density at radius 2 is 1.88 bits per heavy atom. The van der Waals surface area contributed by atoms with Crippen molar-refractivity contribution in [2.75, 3.05) is 19.8 Å². The van der Waals surface area contributed by atoms with Gasteiger partial charge in [0.15, 0.2) is 0 Å². The first-order valence-corrected chi connectivity index (χ1v) is 13.1. The Labute approximate surface area is 198 Å². The molecular weight excluding hydrogens is 420 g/mol. The molecule has 0 aromatic heterocycles. The lowest BCUT2D eigenvalue weighted by molar-refractivity contribution is -0.155. The van der Waals surface area contributed by atoms with E-state index in [9.17, 15) is 14.4 Å². The van der Waals surface area contributed by atoms with Gasteiger partial charge in [-0.05, 0) is 51.4 Å². The third kappa shape index (κ3) is 5.97. The zero-order valence-electron chi connectivity index (χ0n) is 20.3. The summed E-state index contributed by atoms with van der Waals surface area (Å²) in [6, 6.07) is -0.424. The molecular formula is C26H42N2O5. The molecule has 2 fully saturated rings. The quantitative estimate of drug-likeness (QED) is 0.279. The van der Waals surface area contributed by atoms with E-state index in [1.54, 1.807) is 11.8 Å². The third-order valence-electron chi connectivity index (χ3n) is 7.57. The third-order valence-corrected chi connectivity index (χ3v) is 7.57. The Balaban J connectivity index is 1.87. The van der Waals surface area contributed by atoms with Crippen molar-refractivity contribution in [3.63, 3.8) is 0 Å². The van der Waals surface area contributed by atoms with Crippen LogP contribution in [0.5, 0.6) is 0 Å². The molecule has 0 aromatic carbocycles. The Bertz CT molecular complexity index is 703. The average Bonchev–Trinajstić information content (AvgIpc) is 3.09. The van der Waals surface area contributed by atoms with Crippen LogP contribution in [0.15, 0.2) is 12.2 Å². The lowest BCUT2D eigenvalue weighted by Gasteiger charge is -2.34. The van der Waals surface area contributed by atoms with E-state index in [2.05, 4.69) is 18.3 Å². The number of hydrogen-bond acceptors (Lipinski definition) is 5. The van der Waals surface area contributed by atoms with Crippen molar-refractivity contribution in [1.29, 1.82) is 0 Å². The second-order valence-corrected chi connectivity index (χ2v) is 9.82. The highest BCUT2D eigenvalue weighted by molar-refractivity contribution is 5.96. The van der Waals surface area contributed by atoms with Gasteiger partial charge < -0.3 is 20.1 Å². The average molecular weight is 463 g/mol. The molecule has 3 aliphatic rings. The number of aliphatic hydroxyl groups excluding tert-OH is 1. The van der Waals surface area contributed by atoms with Crippen molar-refractivity contribution in [2.24, 2.45) is 23.7 Å². The van der Waals surface area contributed by atoms with Crippen LogP contribution in [-0.4, -0.2) is 59.6 Å². The van der Waals surface area contributed by atoms with E-state index in [0.717, 1.165) is 51.4 Å². The van der Waals surface area contributed by atoms with Gasteiger partial charge in [-0.1, -0.05) is 44.8 Å². The van der Waals surface area contributed by atoms with Crippen LogP contribution < -0.4 is 5.32 Å². The van der Waals surface area contributed by atoms with Crippen LogP contribution in [0.2, 0.25) is 0 Å². The van der Waals surface area contributed by atoms with Crippen LogP contribution in [0.4, 0.5) is 0 Å². The Kier molecular flexibility index (Phi) is 9.78. The van der Waals surface area contributed by atoms with Gasteiger partial charge in [0.05, 0.1) is 18.4 Å². The molecule has 1 saturated heterocycles. The summed E-state index contributed by atoms with van der Waals surface area (Å²) in [5.41, 5.74) is 0. The molecule has 7 heteroatoms. The first kappa shape index (κ1) is 25.7. The number of amides is 2. The Hall–Kier alpha value is -1.89. The predicted octanol–water partition coefficient (Wildman–Crippen LogP) is 3.21. The largest absolute Gasteiger partial charge is 0.466 e. The van der Waals surface area contributed by atoms with E-state index in [0.29, 0.717) is 13.0 Å². The number of aliphatic hydroxyl groups is 1. The molecule has 3 rings (SSSR count). The molecule has 0 spiro atoms. The van der Waals surface area contributed by atoms with Crippen molar-refractivity contribution in [3.8, 4) is 0 Å². The maximum atomic E-state index is 13.7. The van der Waals surface area contributed by atoms with E-state index in [-0.39, 0.29) is 48.9 Å². The number of nitrogens with one attached hydrogen (secondary N) is 1. The molecule has 1 saturated carbocycles. The monoisotopic (exact) mass is 462 g/mol. The maximum absolute atomic E-state index is 13.7. The number of ether oxygens (including phenoxy) is 1. The van der Waals surface area contributed by atoms with E-state index in [1.807, 2.05) is 6.08 Å². The van der Waals surface area contributed by atoms with Gasteiger partial charge in [-0.15, -0.1) is 0 Å². The first-order valence-electron chi connectivity index (χ1n) is 13.1. The second kappa shape index (κ2) is 12.5. The fourth-order valence-corrected chi connectivity index (χ4v) is 6.01. The molecule has 5 atom stereocenters. The summed E-state index contributed by atoms with van der Waals surface area (Å²) in [5.74, 6) is -1.97. The fourth-order valence-electron chi connectivity index (χ4n) is 6.01. The maximum Gasteiger partial charge on any atom is 0.310 e. The summed E-state index contributed by atoms with van der Waals surface area (Å²) in [6.45, 7) is 4.73. The number of carbonyl (C=O) groups is 3. The van der Waals surface area contributed by atoms with E-state index >= 15 is 0 Å². The number of nitrogens with zero attached hydrogens (tertiary/aromatic N) is 1. The topological polar surface area (TPSA) is 95.9 Å². The summed E-state index contributed by atoms with van der Waals surface area (Å²) in [4.78, 5) is 42.0. The number of fused-ring (bicyclic) bond motifs is 1. The van der Waals surface area contributed by atoms with Crippen molar-refractivity contribution in [2.45, 2.75) is 90.1 Å². The Morgan fingerprint density at radius 1 is 1.12 bits per heavy atom. The molecule has 0 bridgehead atoms. The normalized spacial score (nSPS) is 29.7. The minimum atomic E-state index is -0.589. The van der Waals surface area contributed by atoms with Crippen molar-refractivity contribution >= 4 is 17.8 Å². The van der Waals surface area contributed by atoms with Crippen molar-refractivity contribution in [1.82, 2.24) is 10.2 Å². The minimum absolute atomic E-state index is 0.0457. The van der Waals surface area contributed by atoms with Crippen molar-refractivity contribution in [3.05, 3.63) is 12.2 Å². The van der Waals surface area contributed by atoms with Gasteiger partial charge in [-0.3, -0.25) is 14.4 Å². The van der Waals surface area contributed by atoms with Crippen LogP contribution in [0.25, 0.3) is 0 Å². The van der Waals surface area contributed by atoms with Crippen molar-refractivity contribution < 1.29 is 24.2 Å². The van der Waals surface area contributed by atoms with Gasteiger partial charge in [0.1, 0.15) is 6.04 Å². The lowest BCUT2D eigenvalue weighted by atomic mass is 9.68. The molecule has 2 aliphatic carbocycles. The van der Waals surface area contributed by atoms with Crippen LogP contribution in [0.3, 0.4) is 0 Å². The van der Waals surface area contributed by atoms with Gasteiger partial charge in [-0.25, -0.2) is 0 Å². The van der Waals surface area contributed by atoms with Crippen LogP contribution in [-0.2, 0) is 19.1 Å². The summed E-state index contributed by atoms with van der Waals surface area (Å²) in [5, 5.41) is 12.4. The molecule has 2 amide bonds. The molecule has 1 aliphatic heterocycles. The number of likely N-dealkylation sites (tertiary alicyclic amines) is 1. The molecule has 0 aromatic rings. The van der Waals surface area contributed by atoms with Crippen LogP contribution >= 0.6 is 0 Å². The van der Waals surface area contributed by atoms with E-state index < -0.39 is 17.9 Å². The molecule has 7 nitrogen and oxygen atoms in total. The fraction of sp³-hybridized carbons (Fsp3) is 0.808. The SMILES string of the molecule is CCC[C@@H]1C=C[C@H]2[C@@H](C(=O)N(CCCCCO)[C@@H]2C(=O)NC2CCCCC2)[C@@H]1C(=O)OCC. The Morgan fingerprint density at radius 3 is 2.55 bits per heavy atom. The zero-order chi connectivity index (χ0) is 23.8. The molecule has 33 heavy (non-hydrogen) atoms. The summed E-state index contributed by atoms with van der Waals surface area (Å²) in [6.07, 6.45) is 13.4. The predicted molar refractivity (Wildman–Crippen MR) is 126 cm³/mol. The molecule has 1 heterocycles. The van der Waals surface area contributed by atoms with Crippen LogP contribution in [0.1, 0.15) is 78.1 Å². The van der Waals surface area contributed by atoms with Crippen LogP contribution in [0, 0.1) is 23.7 Å². The number of esters is 1. The molecule has 2 N–H and O–H groups in total. The number of rotatable bonds is 11. The standard InChI is InChI=1S/C26H42N2O5/c1-3-11-18-14-15-20-22(21(18)26(32)33-4-2)25(31)28(16-9-6-10-17-29)23(20)24(30)27-19-12-7-5-8-13-19/h14-15,18-23,29H,3-13,16-17H2,1-2H3,(H,27,30)/t18-,20+,21-,22-,23+/m1/s1. The molecule has 186 valence electrons. The number of unbranched alkanes of at least 4 members (excludes halogenated alkanes) is 2. The smallest absolute Gasteiger partial charge is 0.310 e. The van der Waals surface area contributed by atoms with Gasteiger partial charge in [0.2, 0.25) is 11.8 Å². The molecule has 0 unspecified atom stereocenters. The summed E-state index contributed by atoms with van der Waals surface area (Å²) in [7, 11) is 0. The van der Waals surface area contributed by atoms with Gasteiger partial charge in [-0.2, -0.15) is 0 Å². The number of allylic oxidation sites excluding steroid dienone is 1. The molecule has 0 radical (unpaired) electrons. The van der Waals surface area contributed by atoms with Gasteiger partial charge in [0.25, 0.3) is 0 Å². The van der Waals surface area contributed by atoms with E-state index in [4.69, 9.17) is 9.84 Å². The van der Waals surface area contributed by atoms with Gasteiger partial charge >= 0.3 is 5.97 Å². The minimum Gasteiger partial charge on any atom is -0.466 e. The highest BCUT2D eigenvalue weighted by Crippen LogP contribution is 2.45. The highest BCUT2D eigenvalue weighted by atomic mass is 16.5. The van der Waals surface area contributed by atoms with Gasteiger partial charge in [0, 0.05) is 25.1 Å². The lowest BCUT2D eigenvalue weighted by Crippen LogP contribution is -2.50. The first-order chi connectivity index (χ1) is 16.0. The highest BCUT2D eigenvalue weighted by Gasteiger charge is 2.57. The second-order valence-electron chi connectivity index (χ2n) is 9.82. The number of carbonyl (C=O) groups excluding carboxylic acids is 3. The summed E-state index contributed by atoms with van der Waals surface area (Å²) < 4.78 is 5.41. The zero-order valence-corrected chi connectivity index (χ0v) is 20.3. The van der Waals surface area contributed by atoms with E-state index in [1.165, 1.54) is 6.42 Å².